The van der Waals surface area contributed by atoms with E-state index in [0.29, 0.717) is 0 Å². The molecule has 0 amide bonds. The van der Waals surface area contributed by atoms with Crippen LogP contribution in [0.3, 0.4) is 0 Å². The van der Waals surface area contributed by atoms with Crippen LogP contribution in [0.15, 0.2) is 0 Å². The van der Waals surface area contributed by atoms with Crippen molar-refractivity contribution in [1.29, 1.82) is 0 Å². The fourth-order valence-electron chi connectivity index (χ4n) is 6.92. The predicted octanol–water partition coefficient (Wildman–Crippen LogP) is 14.8. The molecular weight excluding hydrogens is 558 g/mol. The number of hydrogen-bond acceptors (Lipinski definition) is 3. The summed E-state index contributed by atoms with van der Waals surface area (Å²) in [6, 6.07) is 0. The van der Waals surface area contributed by atoms with Gasteiger partial charge in [0.05, 0.1) is 0 Å². The number of nitrogens with zero attached hydrogens (tertiary/aromatic N) is 3. The molecule has 0 saturated carbocycles. The molecule has 0 bridgehead atoms. The highest BCUT2D eigenvalue weighted by atomic mass is 15.0. The molecule has 0 unspecified atom stereocenters. The summed E-state index contributed by atoms with van der Waals surface area (Å²) >= 11 is 0. The lowest BCUT2D eigenvalue weighted by atomic mass is 10.0. The third-order valence-electron chi connectivity index (χ3n) is 10.1. The fourth-order valence-corrected chi connectivity index (χ4v) is 6.92. The van der Waals surface area contributed by atoms with Crippen molar-refractivity contribution in [1.82, 2.24) is 15.0 Å². The molecule has 0 aliphatic heterocycles. The van der Waals surface area contributed by atoms with Crippen LogP contribution >= 0.6 is 0 Å². The molecule has 46 heavy (non-hydrogen) atoms. The van der Waals surface area contributed by atoms with Crippen LogP contribution in [-0.4, -0.2) is 15.0 Å². The topological polar surface area (TPSA) is 38.7 Å². The smallest absolute Gasteiger partial charge is 0.132 e. The molecular formula is C43H83N3. The van der Waals surface area contributed by atoms with Crippen molar-refractivity contribution in [2.75, 3.05) is 0 Å². The second-order valence-corrected chi connectivity index (χ2v) is 14.8. The molecule has 0 radical (unpaired) electrons. The lowest BCUT2D eigenvalue weighted by Gasteiger charge is -2.07. The summed E-state index contributed by atoms with van der Waals surface area (Å²) in [4.78, 5) is 14.4. The quantitative estimate of drug-likeness (QED) is 0.0678. The Morgan fingerprint density at radius 2 is 0.435 bits per heavy atom. The third-order valence-corrected chi connectivity index (χ3v) is 10.1. The second kappa shape index (κ2) is 35.3. The average Bonchev–Trinajstić information content (AvgIpc) is 3.07. The van der Waals surface area contributed by atoms with Crippen LogP contribution in [0.25, 0.3) is 0 Å². The van der Waals surface area contributed by atoms with Crippen molar-refractivity contribution < 1.29 is 0 Å². The van der Waals surface area contributed by atoms with Gasteiger partial charge in [0.2, 0.25) is 0 Å². The predicted molar refractivity (Wildman–Crippen MR) is 205 cm³/mol. The van der Waals surface area contributed by atoms with Crippen molar-refractivity contribution in [3.63, 3.8) is 0 Å². The van der Waals surface area contributed by atoms with Crippen molar-refractivity contribution in [2.45, 2.75) is 258 Å². The van der Waals surface area contributed by atoms with E-state index in [1.807, 2.05) is 0 Å². The van der Waals surface area contributed by atoms with Gasteiger partial charge in [-0.15, -0.1) is 0 Å². The third kappa shape index (κ3) is 29.2. The lowest BCUT2D eigenvalue weighted by Crippen LogP contribution is -2.07. The molecule has 1 aromatic rings. The van der Waals surface area contributed by atoms with Crippen LogP contribution in [0.4, 0.5) is 0 Å². The summed E-state index contributed by atoms with van der Waals surface area (Å²) in [7, 11) is 0. The highest BCUT2D eigenvalue weighted by molar-refractivity contribution is 4.98. The van der Waals surface area contributed by atoms with Crippen LogP contribution < -0.4 is 0 Å². The zero-order chi connectivity index (χ0) is 33.0. The molecule has 1 heterocycles. The summed E-state index contributed by atoms with van der Waals surface area (Å²) < 4.78 is 0. The minimum absolute atomic E-state index is 0.917. The van der Waals surface area contributed by atoms with Crippen LogP contribution in [-0.2, 0) is 19.3 Å². The largest absolute Gasteiger partial charge is 0.218 e. The summed E-state index contributed by atoms with van der Waals surface area (Å²) in [5.41, 5.74) is 0. The van der Waals surface area contributed by atoms with Gasteiger partial charge in [-0.05, 0) is 12.8 Å². The fraction of sp³-hybridized carbons (Fsp3) is 0.930. The van der Waals surface area contributed by atoms with E-state index in [2.05, 4.69) is 20.8 Å². The molecule has 0 spiro atoms. The average molecular weight is 642 g/mol. The molecule has 1 aromatic heterocycles. The van der Waals surface area contributed by atoms with Gasteiger partial charge >= 0.3 is 0 Å². The standard InChI is InChI=1S/C43H83N3/c1-4-7-9-11-13-15-17-19-21-23-25-27-29-31-33-35-37-39-42-44-41(6-3)45-43(46-42)40-38-36-34-32-30-28-26-24-22-20-18-16-14-12-10-8-5-2/h4-40H2,1-3H3. The zero-order valence-electron chi connectivity index (χ0n) is 32.0. The first kappa shape index (κ1) is 43.0. The Kier molecular flexibility index (Phi) is 33.0. The highest BCUT2D eigenvalue weighted by Gasteiger charge is 2.06. The first-order valence-corrected chi connectivity index (χ1v) is 21.5. The maximum Gasteiger partial charge on any atom is 0.132 e. The molecule has 0 saturated heterocycles. The maximum atomic E-state index is 4.88. The van der Waals surface area contributed by atoms with E-state index < -0.39 is 0 Å². The van der Waals surface area contributed by atoms with Gasteiger partial charge in [0.15, 0.2) is 0 Å². The van der Waals surface area contributed by atoms with Gasteiger partial charge in [-0.25, -0.2) is 15.0 Å². The molecule has 0 aromatic carbocycles. The van der Waals surface area contributed by atoms with E-state index in [4.69, 9.17) is 15.0 Å². The molecule has 0 fully saturated rings. The van der Waals surface area contributed by atoms with E-state index in [1.54, 1.807) is 0 Å². The number of hydrogen-bond donors (Lipinski definition) is 0. The van der Waals surface area contributed by atoms with Crippen LogP contribution in [0.5, 0.6) is 0 Å². The molecule has 0 N–H and O–H groups in total. The normalized spacial score (nSPS) is 11.5. The molecule has 1 rings (SSSR count). The van der Waals surface area contributed by atoms with Gasteiger partial charge in [-0.2, -0.15) is 0 Å². The number of aryl methyl sites for hydroxylation is 3. The molecule has 3 nitrogen and oxygen atoms in total. The SMILES string of the molecule is CCCCCCCCCCCCCCCCCCCc1nc(CC)nc(CCCCCCCCCCCCCCCCCCC)n1. The van der Waals surface area contributed by atoms with E-state index in [-0.39, 0.29) is 0 Å². The van der Waals surface area contributed by atoms with E-state index in [1.165, 1.54) is 218 Å². The Morgan fingerprint density at radius 1 is 0.239 bits per heavy atom. The first-order chi connectivity index (χ1) is 22.8. The number of rotatable bonds is 37. The summed E-state index contributed by atoms with van der Waals surface area (Å²) in [6.45, 7) is 6.78. The van der Waals surface area contributed by atoms with E-state index in [0.717, 1.165) is 36.7 Å². The van der Waals surface area contributed by atoms with Crippen molar-refractivity contribution in [3.8, 4) is 0 Å². The highest BCUT2D eigenvalue weighted by Crippen LogP contribution is 2.16. The second-order valence-electron chi connectivity index (χ2n) is 14.8. The molecule has 3 heteroatoms. The Hall–Kier alpha value is -0.990. The van der Waals surface area contributed by atoms with Gasteiger partial charge < -0.3 is 0 Å². The van der Waals surface area contributed by atoms with Crippen molar-refractivity contribution >= 4 is 0 Å². The maximum absolute atomic E-state index is 4.88. The van der Waals surface area contributed by atoms with Crippen LogP contribution in [0.1, 0.15) is 257 Å². The van der Waals surface area contributed by atoms with Crippen LogP contribution in [0.2, 0.25) is 0 Å². The summed E-state index contributed by atoms with van der Waals surface area (Å²) in [5, 5.41) is 0. The minimum Gasteiger partial charge on any atom is -0.218 e. The van der Waals surface area contributed by atoms with Gasteiger partial charge in [0, 0.05) is 19.3 Å². The van der Waals surface area contributed by atoms with Gasteiger partial charge in [0.25, 0.3) is 0 Å². The molecule has 0 atom stereocenters. The summed E-state index contributed by atoms with van der Waals surface area (Å²) in [5.74, 6) is 3.10. The Labute approximate surface area is 290 Å². The monoisotopic (exact) mass is 642 g/mol. The Balaban J connectivity index is 1.95. The minimum atomic E-state index is 0.917. The lowest BCUT2D eigenvalue weighted by molar-refractivity contribution is 0.525. The first-order valence-electron chi connectivity index (χ1n) is 21.5. The number of aromatic nitrogens is 3. The molecule has 0 aliphatic rings. The van der Waals surface area contributed by atoms with Gasteiger partial charge in [-0.1, -0.05) is 226 Å². The van der Waals surface area contributed by atoms with Crippen molar-refractivity contribution in [2.24, 2.45) is 0 Å². The summed E-state index contributed by atoms with van der Waals surface area (Å²) in [6.07, 6.45) is 51.2. The molecule has 270 valence electrons. The Bertz CT molecular complexity index is 676. The van der Waals surface area contributed by atoms with E-state index >= 15 is 0 Å². The zero-order valence-corrected chi connectivity index (χ0v) is 32.0. The van der Waals surface area contributed by atoms with Crippen LogP contribution in [0, 0.1) is 0 Å². The van der Waals surface area contributed by atoms with Crippen molar-refractivity contribution in [3.05, 3.63) is 17.5 Å². The van der Waals surface area contributed by atoms with E-state index in [9.17, 15) is 0 Å². The Morgan fingerprint density at radius 3 is 0.652 bits per heavy atom. The van der Waals surface area contributed by atoms with Gasteiger partial charge in [0.1, 0.15) is 17.5 Å². The molecule has 0 aliphatic carbocycles. The number of unbranched alkanes of at least 4 members (excludes halogenated alkanes) is 32. The van der Waals surface area contributed by atoms with Gasteiger partial charge in [-0.3, -0.25) is 0 Å².